The molecule has 4 aromatic heterocycles. The lowest BCUT2D eigenvalue weighted by molar-refractivity contribution is 0.656. The van der Waals surface area contributed by atoms with Gasteiger partial charge in [0.2, 0.25) is 5.82 Å². The third-order valence-corrected chi connectivity index (χ3v) is 6.75. The fourth-order valence-corrected chi connectivity index (χ4v) is 4.77. The summed E-state index contributed by atoms with van der Waals surface area (Å²) in [5, 5.41) is 14.3. The molecule has 0 saturated carbocycles. The van der Waals surface area contributed by atoms with Gasteiger partial charge >= 0.3 is 5.69 Å². The smallest absolute Gasteiger partial charge is 0.334 e. The second-order valence-corrected chi connectivity index (χ2v) is 9.12. The van der Waals surface area contributed by atoms with Gasteiger partial charge < -0.3 is 4.57 Å². The Kier molecular flexibility index (Phi) is 7.11. The number of aromatic amines is 1. The van der Waals surface area contributed by atoms with Crippen LogP contribution in [-0.2, 0) is 25.9 Å². The van der Waals surface area contributed by atoms with E-state index in [0.29, 0.717) is 12.4 Å². The second kappa shape index (κ2) is 10.8. The van der Waals surface area contributed by atoms with Crippen LogP contribution in [0.1, 0.15) is 50.6 Å². The molecule has 37 heavy (non-hydrogen) atoms. The predicted molar refractivity (Wildman–Crippen MR) is 144 cm³/mol. The fourth-order valence-electron chi connectivity index (χ4n) is 4.77. The molecule has 0 aliphatic rings. The molecule has 0 spiro atoms. The van der Waals surface area contributed by atoms with E-state index in [9.17, 15) is 4.79 Å². The normalized spacial score (nSPS) is 11.3. The largest absolute Gasteiger partial charge is 0.334 e. The number of imidazole rings is 1. The standard InChI is InChI=1S/C28H32N8O/c1-4-7-11-25-19-36(27-20(5-2)13-15-34(27)6-3)28(37)35(25)18-24-17-22(12-14-29-24)21-9-8-10-23(16-21)26-30-32-33-31-26/h8-10,12-17,19H,4-7,11,18H2,1-3H3,(H,30,31,32,33). The van der Waals surface area contributed by atoms with Gasteiger partial charge in [0, 0.05) is 36.4 Å². The molecule has 9 nitrogen and oxygen atoms in total. The highest BCUT2D eigenvalue weighted by Crippen LogP contribution is 2.25. The SMILES string of the molecule is CCCCc1cn(-c2c(CC)ccn2CC)c(=O)n1Cc1cc(-c2cccc(-c3nn[nH]n3)c2)ccn1. The summed E-state index contributed by atoms with van der Waals surface area (Å²) >= 11 is 0. The number of tetrazole rings is 1. The number of H-pyrrole nitrogens is 1. The maximum Gasteiger partial charge on any atom is 0.334 e. The van der Waals surface area contributed by atoms with Crippen LogP contribution < -0.4 is 5.69 Å². The maximum atomic E-state index is 13.8. The molecule has 0 aliphatic carbocycles. The number of hydrogen-bond donors (Lipinski definition) is 1. The summed E-state index contributed by atoms with van der Waals surface area (Å²) in [7, 11) is 0. The Bertz CT molecular complexity index is 1520. The van der Waals surface area contributed by atoms with Crippen molar-refractivity contribution in [3.05, 3.63) is 88.5 Å². The molecule has 5 aromatic rings. The molecule has 0 fully saturated rings. The maximum absolute atomic E-state index is 13.8. The molecule has 0 amide bonds. The van der Waals surface area contributed by atoms with E-state index in [2.05, 4.69) is 69.3 Å². The van der Waals surface area contributed by atoms with E-state index in [0.717, 1.165) is 66.1 Å². The molecule has 190 valence electrons. The van der Waals surface area contributed by atoms with Crippen molar-refractivity contribution >= 4 is 0 Å². The van der Waals surface area contributed by atoms with E-state index < -0.39 is 0 Å². The van der Waals surface area contributed by atoms with Crippen molar-refractivity contribution in [2.24, 2.45) is 0 Å². The summed E-state index contributed by atoms with van der Waals surface area (Å²) in [4.78, 5) is 18.4. The average Bonchev–Trinajstić information content (AvgIpc) is 3.68. The third kappa shape index (κ3) is 4.89. The van der Waals surface area contributed by atoms with Gasteiger partial charge in [-0.25, -0.2) is 4.79 Å². The number of rotatable bonds is 10. The summed E-state index contributed by atoms with van der Waals surface area (Å²) in [6.45, 7) is 7.62. The van der Waals surface area contributed by atoms with Gasteiger partial charge in [-0.3, -0.25) is 14.1 Å². The molecule has 9 heteroatoms. The third-order valence-electron chi connectivity index (χ3n) is 6.75. The van der Waals surface area contributed by atoms with E-state index in [1.54, 1.807) is 6.20 Å². The first-order valence-corrected chi connectivity index (χ1v) is 12.9. The van der Waals surface area contributed by atoms with Crippen LogP contribution in [0.2, 0.25) is 0 Å². The number of aromatic nitrogens is 8. The van der Waals surface area contributed by atoms with Gasteiger partial charge in [-0.15, -0.1) is 10.2 Å². The highest BCUT2D eigenvalue weighted by atomic mass is 16.1. The molecule has 1 aromatic carbocycles. The molecule has 5 rings (SSSR count). The van der Waals surface area contributed by atoms with E-state index in [1.165, 1.54) is 5.56 Å². The van der Waals surface area contributed by atoms with Gasteiger partial charge in [-0.1, -0.05) is 38.5 Å². The van der Waals surface area contributed by atoms with Crippen molar-refractivity contribution in [1.82, 2.24) is 39.3 Å². The highest BCUT2D eigenvalue weighted by molar-refractivity contribution is 5.70. The minimum atomic E-state index is -0.0273. The minimum absolute atomic E-state index is 0.0273. The Hall–Kier alpha value is -4.27. The first-order valence-electron chi connectivity index (χ1n) is 12.9. The summed E-state index contributed by atoms with van der Waals surface area (Å²) in [5.41, 5.74) is 5.93. The molecule has 0 bridgehead atoms. The Morgan fingerprint density at radius 3 is 2.59 bits per heavy atom. The van der Waals surface area contributed by atoms with Crippen molar-refractivity contribution in [3.8, 4) is 28.3 Å². The van der Waals surface area contributed by atoms with Gasteiger partial charge in [0.25, 0.3) is 0 Å². The van der Waals surface area contributed by atoms with Crippen molar-refractivity contribution in [3.63, 3.8) is 0 Å². The zero-order chi connectivity index (χ0) is 25.8. The van der Waals surface area contributed by atoms with Crippen LogP contribution in [0.15, 0.2) is 65.8 Å². The average molecular weight is 497 g/mol. The van der Waals surface area contributed by atoms with Gasteiger partial charge in [0.1, 0.15) is 5.82 Å². The number of nitrogens with one attached hydrogen (secondary N) is 1. The van der Waals surface area contributed by atoms with Gasteiger partial charge in [-0.05, 0) is 72.4 Å². The van der Waals surface area contributed by atoms with Gasteiger partial charge in [0.05, 0.1) is 12.2 Å². The molecular weight excluding hydrogens is 464 g/mol. The minimum Gasteiger partial charge on any atom is -0.334 e. The van der Waals surface area contributed by atoms with Crippen LogP contribution in [0.3, 0.4) is 0 Å². The first kappa shape index (κ1) is 24.4. The molecule has 0 saturated heterocycles. The van der Waals surface area contributed by atoms with Gasteiger partial charge in [0.15, 0.2) is 0 Å². The quantitative estimate of drug-likeness (QED) is 0.303. The van der Waals surface area contributed by atoms with Crippen molar-refractivity contribution in [1.29, 1.82) is 0 Å². The number of hydrogen-bond acceptors (Lipinski definition) is 5. The Balaban J connectivity index is 1.52. The summed E-state index contributed by atoms with van der Waals surface area (Å²) in [6, 6.07) is 14.1. The second-order valence-electron chi connectivity index (χ2n) is 9.12. The summed E-state index contributed by atoms with van der Waals surface area (Å²) < 4.78 is 5.85. The number of pyridine rings is 1. The van der Waals surface area contributed by atoms with Crippen LogP contribution in [0, 0.1) is 0 Å². The van der Waals surface area contributed by atoms with Crippen LogP contribution in [-0.4, -0.2) is 39.3 Å². The molecule has 0 radical (unpaired) electrons. The Labute approximate surface area is 215 Å². The van der Waals surface area contributed by atoms with Crippen molar-refractivity contribution < 1.29 is 0 Å². The van der Waals surface area contributed by atoms with Crippen molar-refractivity contribution in [2.45, 2.75) is 59.5 Å². The number of aryl methyl sites for hydroxylation is 3. The Morgan fingerprint density at radius 2 is 1.84 bits per heavy atom. The first-order chi connectivity index (χ1) is 18.1. The zero-order valence-corrected chi connectivity index (χ0v) is 21.6. The number of benzene rings is 1. The molecule has 0 unspecified atom stereocenters. The fraction of sp³-hybridized carbons (Fsp3) is 0.321. The number of nitrogens with zero attached hydrogens (tertiary/aromatic N) is 7. The van der Waals surface area contributed by atoms with Crippen LogP contribution in [0.4, 0.5) is 0 Å². The molecule has 4 heterocycles. The predicted octanol–water partition coefficient (Wildman–Crippen LogP) is 4.66. The molecular formula is C28H32N8O. The molecule has 0 atom stereocenters. The zero-order valence-electron chi connectivity index (χ0n) is 21.6. The van der Waals surface area contributed by atoms with Crippen LogP contribution in [0.5, 0.6) is 0 Å². The summed E-state index contributed by atoms with van der Waals surface area (Å²) in [5.74, 6) is 1.51. The van der Waals surface area contributed by atoms with Crippen molar-refractivity contribution in [2.75, 3.05) is 0 Å². The summed E-state index contributed by atoms with van der Waals surface area (Å²) in [6.07, 6.45) is 9.70. The lowest BCUT2D eigenvalue weighted by atomic mass is 10.0. The van der Waals surface area contributed by atoms with E-state index in [4.69, 9.17) is 0 Å². The van der Waals surface area contributed by atoms with Crippen LogP contribution in [0.25, 0.3) is 28.3 Å². The topological polar surface area (TPSA) is 99.2 Å². The highest BCUT2D eigenvalue weighted by Gasteiger charge is 2.18. The lowest BCUT2D eigenvalue weighted by Gasteiger charge is -2.10. The van der Waals surface area contributed by atoms with Crippen LogP contribution >= 0.6 is 0 Å². The van der Waals surface area contributed by atoms with E-state index >= 15 is 0 Å². The Morgan fingerprint density at radius 1 is 1.00 bits per heavy atom. The lowest BCUT2D eigenvalue weighted by Crippen LogP contribution is -2.26. The molecule has 1 N–H and O–H groups in total. The van der Waals surface area contributed by atoms with E-state index in [-0.39, 0.29) is 5.69 Å². The van der Waals surface area contributed by atoms with E-state index in [1.807, 2.05) is 45.7 Å². The van der Waals surface area contributed by atoms with Gasteiger partial charge in [-0.2, -0.15) is 5.21 Å². The number of unbranched alkanes of at least 4 members (excludes halogenated alkanes) is 1. The molecule has 0 aliphatic heterocycles. The monoisotopic (exact) mass is 496 g/mol.